The van der Waals surface area contributed by atoms with E-state index in [9.17, 15) is 18.4 Å². The van der Waals surface area contributed by atoms with E-state index in [0.717, 1.165) is 4.90 Å². The van der Waals surface area contributed by atoms with Gasteiger partial charge < -0.3 is 4.74 Å². The zero-order valence-corrected chi connectivity index (χ0v) is 12.3. The molecule has 2 fully saturated rings. The molecular formula is C12H14BrF2NO3. The minimum atomic E-state index is -1.82. The molecule has 19 heavy (non-hydrogen) atoms. The van der Waals surface area contributed by atoms with Crippen LogP contribution in [0, 0.1) is 5.92 Å². The highest BCUT2D eigenvalue weighted by Gasteiger charge is 2.58. The maximum absolute atomic E-state index is 12.8. The van der Waals surface area contributed by atoms with Gasteiger partial charge in [0.25, 0.3) is 6.08 Å². The van der Waals surface area contributed by atoms with Gasteiger partial charge in [0.15, 0.2) is 0 Å². The molecule has 1 aliphatic heterocycles. The van der Waals surface area contributed by atoms with Crippen LogP contribution in [0.1, 0.15) is 27.2 Å². The molecule has 3 atom stereocenters. The summed E-state index contributed by atoms with van der Waals surface area (Å²) in [5.41, 5.74) is -0.934. The molecule has 2 rings (SSSR count). The summed E-state index contributed by atoms with van der Waals surface area (Å²) in [6.07, 6.45) is -2.69. The fourth-order valence-corrected chi connectivity index (χ4v) is 3.39. The lowest BCUT2D eigenvalue weighted by atomic mass is 10.1. The maximum Gasteiger partial charge on any atom is 0.417 e. The lowest BCUT2D eigenvalue weighted by Crippen LogP contribution is -2.46. The molecule has 0 spiro atoms. The number of alkyl halides is 1. The van der Waals surface area contributed by atoms with Crippen LogP contribution in [0.5, 0.6) is 0 Å². The number of piperidine rings is 1. The predicted molar refractivity (Wildman–Crippen MR) is 66.9 cm³/mol. The van der Waals surface area contributed by atoms with E-state index in [1.807, 2.05) is 0 Å². The summed E-state index contributed by atoms with van der Waals surface area (Å²) in [6.45, 7) is 4.96. The van der Waals surface area contributed by atoms with E-state index in [-0.39, 0.29) is 12.0 Å². The van der Waals surface area contributed by atoms with Crippen molar-refractivity contribution in [1.82, 2.24) is 4.90 Å². The highest BCUT2D eigenvalue weighted by Crippen LogP contribution is 2.48. The third-order valence-corrected chi connectivity index (χ3v) is 4.29. The van der Waals surface area contributed by atoms with E-state index in [1.165, 1.54) is 0 Å². The first-order valence-electron chi connectivity index (χ1n) is 5.87. The van der Waals surface area contributed by atoms with Gasteiger partial charge in [-0.1, -0.05) is 15.9 Å². The molecule has 7 heteroatoms. The van der Waals surface area contributed by atoms with E-state index in [2.05, 4.69) is 15.9 Å². The molecule has 1 heterocycles. The van der Waals surface area contributed by atoms with Crippen molar-refractivity contribution in [2.45, 2.75) is 43.7 Å². The van der Waals surface area contributed by atoms with Gasteiger partial charge in [-0.15, -0.1) is 0 Å². The maximum atomic E-state index is 12.8. The average molecular weight is 338 g/mol. The SMILES string of the molecule is CC(C)(C)OC(=O)N1C(=O)[C@H]2CC(=C(F)F)[C@@H]1[C@@H]2Br. The summed E-state index contributed by atoms with van der Waals surface area (Å²) in [6, 6.07) is -0.933. The minimum Gasteiger partial charge on any atom is -0.443 e. The Labute approximate surface area is 117 Å². The summed E-state index contributed by atoms with van der Waals surface area (Å²) >= 11 is 3.23. The van der Waals surface area contributed by atoms with Crippen LogP contribution in [-0.2, 0) is 9.53 Å². The van der Waals surface area contributed by atoms with Crippen LogP contribution < -0.4 is 0 Å². The van der Waals surface area contributed by atoms with E-state index in [4.69, 9.17) is 4.74 Å². The van der Waals surface area contributed by atoms with Gasteiger partial charge >= 0.3 is 6.09 Å². The van der Waals surface area contributed by atoms with Crippen LogP contribution in [0.4, 0.5) is 13.6 Å². The number of imide groups is 1. The van der Waals surface area contributed by atoms with Crippen molar-refractivity contribution in [2.75, 3.05) is 0 Å². The first-order chi connectivity index (χ1) is 8.63. The van der Waals surface area contributed by atoms with Gasteiger partial charge in [0.2, 0.25) is 5.91 Å². The first kappa shape index (κ1) is 14.4. The third-order valence-electron chi connectivity index (χ3n) is 3.15. The molecular weight excluding hydrogens is 324 g/mol. The smallest absolute Gasteiger partial charge is 0.417 e. The number of halogens is 3. The molecule has 0 N–H and O–H groups in total. The molecule has 1 saturated carbocycles. The summed E-state index contributed by atoms with van der Waals surface area (Å²) in [5.74, 6) is -1.07. The number of hydrogen-bond donors (Lipinski definition) is 0. The number of likely N-dealkylation sites (tertiary alicyclic amines) is 1. The van der Waals surface area contributed by atoms with Crippen molar-refractivity contribution in [3.63, 3.8) is 0 Å². The van der Waals surface area contributed by atoms with Gasteiger partial charge in [0.05, 0.1) is 16.8 Å². The predicted octanol–water partition coefficient (Wildman–Crippen LogP) is 3.07. The van der Waals surface area contributed by atoms with E-state index in [0.29, 0.717) is 0 Å². The first-order valence-corrected chi connectivity index (χ1v) is 6.79. The fraction of sp³-hybridized carbons (Fsp3) is 0.667. The molecule has 0 aromatic heterocycles. The molecule has 1 saturated heterocycles. The van der Waals surface area contributed by atoms with Crippen LogP contribution in [0.3, 0.4) is 0 Å². The number of hydrogen-bond acceptors (Lipinski definition) is 3. The molecule has 0 aromatic rings. The number of ether oxygens (including phenoxy) is 1. The van der Waals surface area contributed by atoms with E-state index in [1.54, 1.807) is 20.8 Å². The van der Waals surface area contributed by atoms with Crippen molar-refractivity contribution < 1.29 is 23.1 Å². The Balaban J connectivity index is 2.29. The van der Waals surface area contributed by atoms with Crippen molar-refractivity contribution >= 4 is 27.9 Å². The van der Waals surface area contributed by atoms with Crippen molar-refractivity contribution in [2.24, 2.45) is 5.92 Å². The second-order valence-electron chi connectivity index (χ2n) is 5.67. The van der Waals surface area contributed by atoms with Gasteiger partial charge in [-0.2, -0.15) is 8.78 Å². The number of fused-ring (bicyclic) bond motifs is 2. The van der Waals surface area contributed by atoms with Gasteiger partial charge in [-0.3, -0.25) is 4.79 Å². The number of rotatable bonds is 0. The lowest BCUT2D eigenvalue weighted by molar-refractivity contribution is -0.132. The fourth-order valence-electron chi connectivity index (χ4n) is 2.42. The molecule has 0 radical (unpaired) electrons. The molecule has 0 aromatic carbocycles. The molecule has 2 bridgehead atoms. The number of nitrogens with zero attached hydrogens (tertiary/aromatic N) is 1. The van der Waals surface area contributed by atoms with E-state index >= 15 is 0 Å². The van der Waals surface area contributed by atoms with Crippen LogP contribution in [0.25, 0.3) is 0 Å². The quantitative estimate of drug-likeness (QED) is 0.638. The van der Waals surface area contributed by atoms with Crippen molar-refractivity contribution in [3.05, 3.63) is 11.7 Å². The lowest BCUT2D eigenvalue weighted by Gasteiger charge is -2.29. The highest BCUT2D eigenvalue weighted by molar-refractivity contribution is 9.09. The molecule has 1 aliphatic carbocycles. The van der Waals surface area contributed by atoms with Crippen molar-refractivity contribution in [1.29, 1.82) is 0 Å². The summed E-state index contributed by atoms with van der Waals surface area (Å²) in [7, 11) is 0. The Bertz CT molecular complexity index is 468. The van der Waals surface area contributed by atoms with Crippen LogP contribution in [0.15, 0.2) is 11.7 Å². The van der Waals surface area contributed by atoms with Crippen LogP contribution in [-0.4, -0.2) is 33.4 Å². The molecule has 4 nitrogen and oxygen atoms in total. The Morgan fingerprint density at radius 2 is 2.00 bits per heavy atom. The van der Waals surface area contributed by atoms with Gasteiger partial charge in [0, 0.05) is 5.57 Å². The Kier molecular flexibility index (Phi) is 3.45. The van der Waals surface area contributed by atoms with E-state index < -0.39 is 40.5 Å². The van der Waals surface area contributed by atoms with Crippen LogP contribution in [0.2, 0.25) is 0 Å². The molecule has 2 amide bonds. The van der Waals surface area contributed by atoms with Gasteiger partial charge in [0.1, 0.15) is 5.60 Å². The summed E-state index contributed by atoms with van der Waals surface area (Å²) in [4.78, 5) is 24.3. The topological polar surface area (TPSA) is 46.6 Å². The van der Waals surface area contributed by atoms with Gasteiger partial charge in [-0.25, -0.2) is 9.69 Å². The van der Waals surface area contributed by atoms with Crippen molar-refractivity contribution in [3.8, 4) is 0 Å². The Hall–Kier alpha value is -0.980. The minimum absolute atomic E-state index is 0.00104. The number of carbonyl (C=O) groups excluding carboxylic acids is 2. The number of amides is 2. The Morgan fingerprint density at radius 1 is 1.42 bits per heavy atom. The normalized spacial score (nSPS) is 30.0. The zero-order valence-electron chi connectivity index (χ0n) is 10.7. The van der Waals surface area contributed by atoms with Crippen LogP contribution >= 0.6 is 15.9 Å². The summed E-state index contributed by atoms with van der Waals surface area (Å²) in [5, 5.41) is 0. The zero-order chi connectivity index (χ0) is 14.5. The highest BCUT2D eigenvalue weighted by atomic mass is 79.9. The van der Waals surface area contributed by atoms with Gasteiger partial charge in [-0.05, 0) is 27.2 Å². The second-order valence-corrected chi connectivity index (χ2v) is 6.73. The third kappa shape index (κ3) is 2.40. The molecule has 2 aliphatic rings. The monoisotopic (exact) mass is 337 g/mol. The summed E-state index contributed by atoms with van der Waals surface area (Å²) < 4.78 is 30.8. The molecule has 0 unspecified atom stereocenters. The molecule has 106 valence electrons. The number of carbonyl (C=O) groups is 2. The second kappa shape index (κ2) is 4.54. The average Bonchev–Trinajstić information content (AvgIpc) is 2.66. The largest absolute Gasteiger partial charge is 0.443 e. The standard InChI is InChI=1S/C12H14BrF2NO3/c1-12(2,3)19-11(18)16-8-6(9(14)15)4-5(7(8)13)10(16)17/h5,7-8H,4H2,1-3H3/t5-,7+,8+/m0/s1. The Morgan fingerprint density at radius 3 is 2.42 bits per heavy atom.